The van der Waals surface area contributed by atoms with E-state index in [-0.39, 0.29) is 23.3 Å². The highest BCUT2D eigenvalue weighted by Gasteiger charge is 2.23. The first-order valence-electron chi connectivity index (χ1n) is 6.02. The smallest absolute Gasteiger partial charge is 0.253 e. The first kappa shape index (κ1) is 13.8. The van der Waals surface area contributed by atoms with Crippen molar-refractivity contribution in [2.24, 2.45) is 5.92 Å². The zero-order valence-corrected chi connectivity index (χ0v) is 12.3. The van der Waals surface area contributed by atoms with Crippen molar-refractivity contribution >= 4 is 27.3 Å². The number of nitrogens with one attached hydrogen (secondary N) is 1. The monoisotopic (exact) mass is 322 g/mol. The van der Waals surface area contributed by atoms with E-state index in [4.69, 9.17) is 5.73 Å². The van der Waals surface area contributed by atoms with Gasteiger partial charge in [-0.25, -0.2) is 0 Å². The summed E-state index contributed by atoms with van der Waals surface area (Å²) in [4.78, 5) is 22.6. The predicted molar refractivity (Wildman–Crippen MR) is 81.1 cm³/mol. The number of halogens is 1. The molecule has 5 heteroatoms. The highest BCUT2D eigenvalue weighted by molar-refractivity contribution is 9.10. The van der Waals surface area contributed by atoms with Gasteiger partial charge in [0.05, 0.1) is 6.04 Å². The number of hydrogen-bond donors (Lipinski definition) is 2. The van der Waals surface area contributed by atoms with Crippen molar-refractivity contribution < 1.29 is 0 Å². The first-order valence-corrected chi connectivity index (χ1v) is 6.82. The summed E-state index contributed by atoms with van der Waals surface area (Å²) in [6.45, 7) is 4.09. The lowest BCUT2D eigenvalue weighted by atomic mass is 9.95. The summed E-state index contributed by atoms with van der Waals surface area (Å²) in [5, 5.41) is 3.09. The normalized spacial score (nSPS) is 12.8. The molecule has 2 rings (SSSR count). The second-order valence-corrected chi connectivity index (χ2v) is 5.78. The Morgan fingerprint density at radius 1 is 1.11 bits per heavy atom. The van der Waals surface area contributed by atoms with Crippen LogP contribution in [0.15, 0.2) is 38.3 Å². The van der Waals surface area contributed by atoms with Crippen LogP contribution in [0.4, 0.5) is 11.4 Å². The van der Waals surface area contributed by atoms with Gasteiger partial charge in [0.25, 0.3) is 10.9 Å². The van der Waals surface area contributed by atoms with Crippen molar-refractivity contribution in [3.63, 3.8) is 0 Å². The zero-order valence-electron chi connectivity index (χ0n) is 10.7. The van der Waals surface area contributed by atoms with Crippen molar-refractivity contribution in [1.82, 2.24) is 0 Å². The summed E-state index contributed by atoms with van der Waals surface area (Å²) < 4.78 is 0.993. The van der Waals surface area contributed by atoms with Gasteiger partial charge in [-0.3, -0.25) is 9.59 Å². The van der Waals surface area contributed by atoms with Gasteiger partial charge in [-0.2, -0.15) is 0 Å². The molecule has 3 N–H and O–H groups in total. The second kappa shape index (κ2) is 5.17. The molecule has 2 aromatic carbocycles. The Hall–Kier alpha value is -1.62. The molecule has 0 aliphatic heterocycles. The lowest BCUT2D eigenvalue weighted by Crippen LogP contribution is -2.38. The molecule has 2 aromatic rings. The van der Waals surface area contributed by atoms with Gasteiger partial charge in [-0.1, -0.05) is 41.9 Å². The Morgan fingerprint density at radius 2 is 1.68 bits per heavy atom. The van der Waals surface area contributed by atoms with Crippen LogP contribution in [0.1, 0.15) is 25.5 Å². The van der Waals surface area contributed by atoms with E-state index >= 15 is 0 Å². The third-order valence-electron chi connectivity index (χ3n) is 3.14. The highest BCUT2D eigenvalue weighted by atomic mass is 79.9. The van der Waals surface area contributed by atoms with Gasteiger partial charge in [-0.05, 0) is 23.6 Å². The van der Waals surface area contributed by atoms with Crippen LogP contribution in [0.25, 0.3) is 0 Å². The van der Waals surface area contributed by atoms with Crippen LogP contribution < -0.4 is 21.9 Å². The molecule has 0 radical (unpaired) electrons. The summed E-state index contributed by atoms with van der Waals surface area (Å²) in [6, 6.07) is 7.78. The van der Waals surface area contributed by atoms with Gasteiger partial charge < -0.3 is 11.1 Å². The molecule has 0 bridgehead atoms. The molecule has 0 aromatic heterocycles. The van der Waals surface area contributed by atoms with E-state index in [0.717, 1.165) is 10.0 Å². The minimum absolute atomic E-state index is 0.0350. The fourth-order valence-electron chi connectivity index (χ4n) is 2.01. The largest absolute Gasteiger partial charge is 0.394 e. The SMILES string of the molecule is CC(C)C(Nc1c(N)c(=O)c1=O)c1ccc(Br)cc1. The molecule has 1 atom stereocenters. The molecule has 0 aliphatic carbocycles. The Labute approximate surface area is 119 Å². The Bertz CT molecular complexity index is 655. The highest BCUT2D eigenvalue weighted by Crippen LogP contribution is 2.28. The fraction of sp³-hybridized carbons (Fsp3) is 0.286. The Balaban J connectivity index is 2.30. The van der Waals surface area contributed by atoms with Gasteiger partial charge in [0, 0.05) is 4.47 Å². The zero-order chi connectivity index (χ0) is 14.2. The van der Waals surface area contributed by atoms with Crippen LogP contribution in [0, 0.1) is 5.92 Å². The van der Waals surface area contributed by atoms with Gasteiger partial charge in [0.2, 0.25) is 0 Å². The van der Waals surface area contributed by atoms with Crippen LogP contribution in [0.3, 0.4) is 0 Å². The number of anilines is 2. The van der Waals surface area contributed by atoms with Crippen molar-refractivity contribution in [3.8, 4) is 0 Å². The number of rotatable bonds is 4. The van der Waals surface area contributed by atoms with E-state index in [0.29, 0.717) is 0 Å². The Morgan fingerprint density at radius 3 is 2.16 bits per heavy atom. The van der Waals surface area contributed by atoms with E-state index < -0.39 is 10.9 Å². The maximum absolute atomic E-state index is 11.5. The van der Waals surface area contributed by atoms with E-state index in [9.17, 15) is 9.59 Å². The molecule has 0 fully saturated rings. The summed E-state index contributed by atoms with van der Waals surface area (Å²) in [7, 11) is 0. The molecule has 100 valence electrons. The summed E-state index contributed by atoms with van der Waals surface area (Å²) >= 11 is 3.39. The van der Waals surface area contributed by atoms with Crippen LogP contribution in [0.5, 0.6) is 0 Å². The predicted octanol–water partition coefficient (Wildman–Crippen LogP) is 2.44. The maximum Gasteiger partial charge on any atom is 0.253 e. The lowest BCUT2D eigenvalue weighted by Gasteiger charge is -2.25. The van der Waals surface area contributed by atoms with Crippen molar-refractivity contribution in [2.75, 3.05) is 11.1 Å². The fourth-order valence-corrected chi connectivity index (χ4v) is 2.28. The van der Waals surface area contributed by atoms with Crippen LogP contribution in [0.2, 0.25) is 0 Å². The number of hydrogen-bond acceptors (Lipinski definition) is 4. The van der Waals surface area contributed by atoms with Crippen molar-refractivity contribution in [1.29, 1.82) is 0 Å². The maximum atomic E-state index is 11.5. The van der Waals surface area contributed by atoms with E-state index in [1.165, 1.54) is 0 Å². The third kappa shape index (κ3) is 2.56. The van der Waals surface area contributed by atoms with Crippen LogP contribution in [-0.4, -0.2) is 0 Å². The van der Waals surface area contributed by atoms with Gasteiger partial charge >= 0.3 is 0 Å². The first-order chi connectivity index (χ1) is 8.91. The summed E-state index contributed by atoms with van der Waals surface area (Å²) in [6.07, 6.45) is 0. The molecule has 4 nitrogen and oxygen atoms in total. The molecule has 0 spiro atoms. The average molecular weight is 323 g/mol. The van der Waals surface area contributed by atoms with E-state index in [2.05, 4.69) is 21.2 Å². The third-order valence-corrected chi connectivity index (χ3v) is 3.67. The lowest BCUT2D eigenvalue weighted by molar-refractivity contribution is 0.546. The molecule has 0 saturated carbocycles. The van der Waals surface area contributed by atoms with E-state index in [1.54, 1.807) is 0 Å². The van der Waals surface area contributed by atoms with Gasteiger partial charge in [0.1, 0.15) is 11.4 Å². The van der Waals surface area contributed by atoms with Crippen LogP contribution in [-0.2, 0) is 0 Å². The van der Waals surface area contributed by atoms with Gasteiger partial charge in [-0.15, -0.1) is 0 Å². The summed E-state index contributed by atoms with van der Waals surface area (Å²) in [5.74, 6) is 0.255. The molecule has 19 heavy (non-hydrogen) atoms. The number of nitrogens with two attached hydrogens (primary N) is 1. The quantitative estimate of drug-likeness (QED) is 0.848. The minimum atomic E-state index is -0.596. The van der Waals surface area contributed by atoms with Crippen molar-refractivity contribution in [3.05, 3.63) is 54.7 Å². The molecular formula is C14H15BrN2O2. The Kier molecular flexibility index (Phi) is 3.75. The van der Waals surface area contributed by atoms with Crippen LogP contribution >= 0.6 is 15.9 Å². The standard InChI is InChI=1S/C14H15BrN2O2/c1-7(2)11(8-3-5-9(15)6-4-8)17-12-10(16)13(18)14(12)19/h3-7,11,17H,16H2,1-2H3. The molecular weight excluding hydrogens is 308 g/mol. The molecule has 1 unspecified atom stereocenters. The molecule has 0 saturated heterocycles. The molecule has 0 aliphatic rings. The summed E-state index contributed by atoms with van der Waals surface area (Å²) in [5.41, 5.74) is 5.75. The van der Waals surface area contributed by atoms with Crippen molar-refractivity contribution in [2.45, 2.75) is 19.9 Å². The average Bonchev–Trinajstić information content (AvgIpc) is 2.39. The second-order valence-electron chi connectivity index (χ2n) is 4.86. The molecule has 0 amide bonds. The number of benzene rings is 1. The topological polar surface area (TPSA) is 72.2 Å². The molecule has 0 heterocycles. The van der Waals surface area contributed by atoms with Gasteiger partial charge in [0.15, 0.2) is 0 Å². The number of nitrogen functional groups attached to an aromatic ring is 1. The minimum Gasteiger partial charge on any atom is -0.394 e. The van der Waals surface area contributed by atoms with E-state index in [1.807, 2.05) is 38.1 Å².